The minimum absolute atomic E-state index is 0.0312. The van der Waals surface area contributed by atoms with Crippen molar-refractivity contribution in [2.75, 3.05) is 45.9 Å². The molecule has 0 aromatic carbocycles. The van der Waals surface area contributed by atoms with Gasteiger partial charge in [0.25, 0.3) is 0 Å². The van der Waals surface area contributed by atoms with E-state index in [-0.39, 0.29) is 40.5 Å². The van der Waals surface area contributed by atoms with Gasteiger partial charge in [0.1, 0.15) is 6.61 Å². The lowest BCUT2D eigenvalue weighted by atomic mass is 9.75. The minimum atomic E-state index is -0.153. The largest absolute Gasteiger partial charge is 0.369 e. The molecule has 182 valence electrons. The first-order valence-electron chi connectivity index (χ1n) is 12.8. The standard InChI is InChI=1S/C25H44N4O3/c1-5-23(4,29-12-8-24(9-13-29)16-20(30)26-18-24)7-6-22(2,3)28-14-10-25(11-15-28)19-32-17-21(31)27-25/h5-19H2,1-4H3,(H,26,30)(H,27,31). The molecule has 0 aliphatic carbocycles. The van der Waals surface area contributed by atoms with Crippen LogP contribution in [0.5, 0.6) is 0 Å². The second-order valence-electron chi connectivity index (χ2n) is 11.9. The molecular weight excluding hydrogens is 404 g/mol. The van der Waals surface area contributed by atoms with E-state index < -0.39 is 0 Å². The molecule has 4 aliphatic rings. The minimum Gasteiger partial charge on any atom is -0.369 e. The van der Waals surface area contributed by atoms with E-state index in [1.54, 1.807) is 0 Å². The summed E-state index contributed by atoms with van der Waals surface area (Å²) in [6.07, 6.45) is 8.41. The maximum Gasteiger partial charge on any atom is 0.246 e. The number of rotatable bonds is 6. The summed E-state index contributed by atoms with van der Waals surface area (Å²) in [5.74, 6) is 0.268. The van der Waals surface area contributed by atoms with Crippen molar-refractivity contribution in [3.8, 4) is 0 Å². The van der Waals surface area contributed by atoms with Gasteiger partial charge in [-0.25, -0.2) is 0 Å². The Bertz CT molecular complexity index is 708. The van der Waals surface area contributed by atoms with Crippen LogP contribution >= 0.6 is 0 Å². The van der Waals surface area contributed by atoms with Gasteiger partial charge in [0.2, 0.25) is 11.8 Å². The number of amides is 2. The summed E-state index contributed by atoms with van der Waals surface area (Å²) in [4.78, 5) is 28.9. The Morgan fingerprint density at radius 1 is 0.938 bits per heavy atom. The summed E-state index contributed by atoms with van der Waals surface area (Å²) in [5.41, 5.74) is 0.400. The summed E-state index contributed by atoms with van der Waals surface area (Å²) in [6, 6.07) is 0. The predicted octanol–water partition coefficient (Wildman–Crippen LogP) is 2.30. The number of nitrogens with one attached hydrogen (secondary N) is 2. The molecule has 7 nitrogen and oxygen atoms in total. The van der Waals surface area contributed by atoms with Gasteiger partial charge in [-0.1, -0.05) is 6.92 Å². The molecule has 32 heavy (non-hydrogen) atoms. The molecule has 1 unspecified atom stereocenters. The first-order chi connectivity index (χ1) is 15.1. The number of carbonyl (C=O) groups excluding carboxylic acids is 2. The number of carbonyl (C=O) groups is 2. The van der Waals surface area contributed by atoms with Gasteiger partial charge in [-0.2, -0.15) is 0 Å². The van der Waals surface area contributed by atoms with Gasteiger partial charge in [0.15, 0.2) is 0 Å². The third kappa shape index (κ3) is 4.85. The molecule has 0 saturated carbocycles. The van der Waals surface area contributed by atoms with Gasteiger partial charge < -0.3 is 15.4 Å². The monoisotopic (exact) mass is 448 g/mol. The fourth-order valence-electron chi connectivity index (χ4n) is 6.43. The van der Waals surface area contributed by atoms with Crippen molar-refractivity contribution in [1.82, 2.24) is 20.4 Å². The molecular formula is C25H44N4O3. The molecule has 4 rings (SSSR count). The quantitative estimate of drug-likeness (QED) is 0.652. The molecule has 2 amide bonds. The molecule has 0 radical (unpaired) electrons. The normalized spacial score (nSPS) is 28.5. The zero-order valence-electron chi connectivity index (χ0n) is 20.7. The van der Waals surface area contributed by atoms with Crippen LogP contribution in [-0.4, -0.2) is 84.2 Å². The first kappa shape index (κ1) is 24.0. The van der Waals surface area contributed by atoms with Crippen LogP contribution in [0.4, 0.5) is 0 Å². The first-order valence-corrected chi connectivity index (χ1v) is 12.8. The molecule has 4 fully saturated rings. The SMILES string of the molecule is CCC(C)(CCC(C)(C)N1CCC2(CC1)COCC(=O)N2)N1CCC2(CC1)CNC(=O)C2. The van der Waals surface area contributed by atoms with E-state index in [1.807, 2.05) is 0 Å². The van der Waals surface area contributed by atoms with Crippen LogP contribution in [0, 0.1) is 5.41 Å². The fraction of sp³-hybridized carbons (Fsp3) is 0.920. The summed E-state index contributed by atoms with van der Waals surface area (Å²) in [5, 5.41) is 6.27. The fourth-order valence-corrected chi connectivity index (χ4v) is 6.43. The highest BCUT2D eigenvalue weighted by Gasteiger charge is 2.45. The third-order valence-corrected chi connectivity index (χ3v) is 9.41. The Kier molecular flexibility index (Phi) is 6.65. The molecule has 4 saturated heterocycles. The van der Waals surface area contributed by atoms with E-state index in [4.69, 9.17) is 4.74 Å². The number of piperidine rings is 2. The van der Waals surface area contributed by atoms with E-state index in [2.05, 4.69) is 48.1 Å². The second kappa shape index (κ2) is 8.88. The molecule has 4 heterocycles. The van der Waals surface area contributed by atoms with Gasteiger partial charge >= 0.3 is 0 Å². The Morgan fingerprint density at radius 3 is 2.16 bits per heavy atom. The van der Waals surface area contributed by atoms with Crippen molar-refractivity contribution in [2.24, 2.45) is 5.41 Å². The van der Waals surface area contributed by atoms with Crippen molar-refractivity contribution in [3.05, 3.63) is 0 Å². The molecule has 4 aliphatic heterocycles. The maximum absolute atomic E-state index is 11.8. The van der Waals surface area contributed by atoms with E-state index in [9.17, 15) is 9.59 Å². The zero-order valence-corrected chi connectivity index (χ0v) is 20.7. The van der Waals surface area contributed by atoms with Crippen molar-refractivity contribution in [1.29, 1.82) is 0 Å². The van der Waals surface area contributed by atoms with Crippen molar-refractivity contribution in [3.63, 3.8) is 0 Å². The van der Waals surface area contributed by atoms with E-state index >= 15 is 0 Å². The van der Waals surface area contributed by atoms with E-state index in [0.717, 1.165) is 77.7 Å². The summed E-state index contributed by atoms with van der Waals surface area (Å²) in [7, 11) is 0. The van der Waals surface area contributed by atoms with Gasteiger partial charge in [-0.05, 0) is 84.2 Å². The van der Waals surface area contributed by atoms with Crippen LogP contribution in [-0.2, 0) is 14.3 Å². The van der Waals surface area contributed by atoms with Gasteiger partial charge in [0, 0.05) is 37.1 Å². The summed E-state index contributed by atoms with van der Waals surface area (Å²) in [6.45, 7) is 15.5. The Balaban J connectivity index is 1.30. The summed E-state index contributed by atoms with van der Waals surface area (Å²) >= 11 is 0. The molecule has 0 aromatic heterocycles. The number of hydrogen-bond acceptors (Lipinski definition) is 5. The average Bonchev–Trinajstić information content (AvgIpc) is 3.12. The van der Waals surface area contributed by atoms with Gasteiger partial charge in [0.05, 0.1) is 12.1 Å². The molecule has 2 spiro atoms. The zero-order chi connectivity index (χ0) is 23.0. The lowest BCUT2D eigenvalue weighted by Crippen LogP contribution is -2.63. The average molecular weight is 449 g/mol. The Hall–Kier alpha value is -1.18. The molecule has 0 aromatic rings. The highest BCUT2D eigenvalue weighted by molar-refractivity contribution is 5.79. The Labute approximate surface area is 194 Å². The third-order valence-electron chi connectivity index (χ3n) is 9.41. The number of hydrogen-bond donors (Lipinski definition) is 2. The van der Waals surface area contributed by atoms with Crippen LogP contribution in [0.15, 0.2) is 0 Å². The maximum atomic E-state index is 11.8. The second-order valence-corrected chi connectivity index (χ2v) is 11.9. The van der Waals surface area contributed by atoms with Crippen LogP contribution in [0.3, 0.4) is 0 Å². The lowest BCUT2D eigenvalue weighted by Gasteiger charge is -2.51. The topological polar surface area (TPSA) is 73.9 Å². The van der Waals surface area contributed by atoms with Crippen LogP contribution in [0.25, 0.3) is 0 Å². The van der Waals surface area contributed by atoms with Gasteiger partial charge in [-0.3, -0.25) is 19.4 Å². The van der Waals surface area contributed by atoms with Crippen molar-refractivity contribution in [2.45, 2.75) is 95.7 Å². The van der Waals surface area contributed by atoms with Crippen molar-refractivity contribution < 1.29 is 14.3 Å². The highest BCUT2D eigenvalue weighted by atomic mass is 16.5. The van der Waals surface area contributed by atoms with Gasteiger partial charge in [-0.15, -0.1) is 0 Å². The molecule has 0 bridgehead atoms. The molecule has 1 atom stereocenters. The van der Waals surface area contributed by atoms with Crippen LogP contribution in [0.1, 0.15) is 79.1 Å². The lowest BCUT2D eigenvalue weighted by molar-refractivity contribution is -0.138. The Morgan fingerprint density at radius 2 is 1.59 bits per heavy atom. The predicted molar refractivity (Wildman–Crippen MR) is 125 cm³/mol. The summed E-state index contributed by atoms with van der Waals surface area (Å²) < 4.78 is 5.55. The van der Waals surface area contributed by atoms with E-state index in [1.165, 1.54) is 6.42 Å². The van der Waals surface area contributed by atoms with Crippen molar-refractivity contribution >= 4 is 11.8 Å². The number of nitrogens with zero attached hydrogens (tertiary/aromatic N) is 2. The highest BCUT2D eigenvalue weighted by Crippen LogP contribution is 2.41. The van der Waals surface area contributed by atoms with Crippen LogP contribution < -0.4 is 10.6 Å². The van der Waals surface area contributed by atoms with E-state index in [0.29, 0.717) is 6.61 Å². The molecule has 7 heteroatoms. The molecule has 2 N–H and O–H groups in total. The number of morpholine rings is 1. The number of ether oxygens (including phenoxy) is 1. The number of likely N-dealkylation sites (tertiary alicyclic amines) is 2. The van der Waals surface area contributed by atoms with Crippen LogP contribution in [0.2, 0.25) is 0 Å². The smallest absolute Gasteiger partial charge is 0.246 e.